The minimum Gasteiger partial charge on any atom is -0.301 e. The van der Waals surface area contributed by atoms with Crippen molar-refractivity contribution < 1.29 is 4.39 Å². The molecule has 114 valence electrons. The van der Waals surface area contributed by atoms with Crippen molar-refractivity contribution in [1.29, 1.82) is 0 Å². The molecule has 3 heteroatoms. The van der Waals surface area contributed by atoms with Gasteiger partial charge in [0.15, 0.2) is 0 Å². The number of halogens is 1. The van der Waals surface area contributed by atoms with Crippen LogP contribution in [0, 0.1) is 11.7 Å². The fourth-order valence-corrected chi connectivity index (χ4v) is 3.41. The molecular formula is C18H25FN2. The number of piperazine rings is 1. The first-order chi connectivity index (χ1) is 10.3. The molecule has 1 aromatic rings. The molecule has 2 nitrogen and oxygen atoms in total. The van der Waals surface area contributed by atoms with Crippen LogP contribution in [0.15, 0.2) is 36.4 Å². The second kappa shape index (κ2) is 7.19. The predicted octanol–water partition coefficient (Wildman–Crippen LogP) is 3.30. The molecule has 1 atom stereocenters. The van der Waals surface area contributed by atoms with Gasteiger partial charge >= 0.3 is 0 Å². The van der Waals surface area contributed by atoms with Gasteiger partial charge < -0.3 is 4.90 Å². The molecule has 1 saturated heterocycles. The topological polar surface area (TPSA) is 6.48 Å². The van der Waals surface area contributed by atoms with Crippen LogP contribution in [0.4, 0.5) is 4.39 Å². The summed E-state index contributed by atoms with van der Waals surface area (Å²) in [6.45, 7) is 6.61. The molecule has 1 unspecified atom stereocenters. The van der Waals surface area contributed by atoms with Crippen molar-refractivity contribution in [2.24, 2.45) is 5.92 Å². The molecule has 1 aliphatic carbocycles. The molecule has 0 spiro atoms. The van der Waals surface area contributed by atoms with Gasteiger partial charge in [0.05, 0.1) is 0 Å². The molecule has 0 aromatic heterocycles. The van der Waals surface area contributed by atoms with Gasteiger partial charge in [-0.1, -0.05) is 24.3 Å². The quantitative estimate of drug-likeness (QED) is 0.784. The zero-order chi connectivity index (χ0) is 14.5. The first-order valence-electron chi connectivity index (χ1n) is 8.14. The highest BCUT2D eigenvalue weighted by Crippen LogP contribution is 2.20. The Bertz CT molecular complexity index is 478. The van der Waals surface area contributed by atoms with Gasteiger partial charge in [-0.25, -0.2) is 4.39 Å². The van der Waals surface area contributed by atoms with E-state index in [9.17, 15) is 4.39 Å². The van der Waals surface area contributed by atoms with E-state index in [0.717, 1.165) is 44.2 Å². The van der Waals surface area contributed by atoms with Crippen molar-refractivity contribution in [1.82, 2.24) is 9.80 Å². The normalized spacial score (nSPS) is 24.3. The zero-order valence-electron chi connectivity index (χ0n) is 12.7. The molecule has 1 aromatic carbocycles. The maximum atomic E-state index is 13.2. The van der Waals surface area contributed by atoms with Crippen LogP contribution in [-0.2, 0) is 6.54 Å². The molecule has 2 aliphatic rings. The number of hydrogen-bond donors (Lipinski definition) is 0. The average Bonchev–Trinajstić information content (AvgIpc) is 2.50. The van der Waals surface area contributed by atoms with Crippen LogP contribution < -0.4 is 0 Å². The van der Waals surface area contributed by atoms with Crippen LogP contribution >= 0.6 is 0 Å². The summed E-state index contributed by atoms with van der Waals surface area (Å²) in [5.74, 6) is 0.723. The molecule has 0 radical (unpaired) electrons. The van der Waals surface area contributed by atoms with E-state index < -0.39 is 0 Å². The van der Waals surface area contributed by atoms with E-state index in [1.54, 1.807) is 12.1 Å². The highest BCUT2D eigenvalue weighted by Gasteiger charge is 2.20. The van der Waals surface area contributed by atoms with Gasteiger partial charge in [0.1, 0.15) is 5.82 Å². The number of benzene rings is 1. The van der Waals surface area contributed by atoms with E-state index in [4.69, 9.17) is 0 Å². The summed E-state index contributed by atoms with van der Waals surface area (Å²) in [5.41, 5.74) is 1.08. The molecule has 0 bridgehead atoms. The highest BCUT2D eigenvalue weighted by atomic mass is 19.1. The second-order valence-electron chi connectivity index (χ2n) is 6.36. The van der Waals surface area contributed by atoms with Gasteiger partial charge in [-0.15, -0.1) is 0 Å². The lowest BCUT2D eigenvalue weighted by molar-refractivity contribution is 0.111. The van der Waals surface area contributed by atoms with Crippen molar-refractivity contribution in [3.8, 4) is 0 Å². The molecule has 3 rings (SSSR count). The maximum absolute atomic E-state index is 13.2. The van der Waals surface area contributed by atoms with Crippen LogP contribution in [-0.4, -0.2) is 42.5 Å². The van der Waals surface area contributed by atoms with Crippen LogP contribution in [0.25, 0.3) is 0 Å². The van der Waals surface area contributed by atoms with Crippen molar-refractivity contribution in [3.05, 3.63) is 47.8 Å². The first-order valence-corrected chi connectivity index (χ1v) is 8.14. The van der Waals surface area contributed by atoms with Crippen molar-refractivity contribution in [2.75, 3.05) is 32.7 Å². The summed E-state index contributed by atoms with van der Waals surface area (Å²) in [5, 5.41) is 0. The van der Waals surface area contributed by atoms with E-state index >= 15 is 0 Å². The number of rotatable bonds is 4. The van der Waals surface area contributed by atoms with Crippen LogP contribution in [0.5, 0.6) is 0 Å². The highest BCUT2D eigenvalue weighted by molar-refractivity contribution is 5.16. The Morgan fingerprint density at radius 2 is 1.86 bits per heavy atom. The fraction of sp³-hybridized carbons (Fsp3) is 0.556. The Kier molecular flexibility index (Phi) is 5.04. The Labute approximate surface area is 127 Å². The van der Waals surface area contributed by atoms with Crippen molar-refractivity contribution in [3.63, 3.8) is 0 Å². The monoisotopic (exact) mass is 288 g/mol. The largest absolute Gasteiger partial charge is 0.301 e. The Balaban J connectivity index is 1.43. The van der Waals surface area contributed by atoms with Crippen molar-refractivity contribution in [2.45, 2.75) is 25.8 Å². The summed E-state index contributed by atoms with van der Waals surface area (Å²) >= 11 is 0. The van der Waals surface area contributed by atoms with Crippen molar-refractivity contribution >= 4 is 0 Å². The van der Waals surface area contributed by atoms with Crippen LogP contribution in [0.1, 0.15) is 24.8 Å². The lowest BCUT2D eigenvalue weighted by atomic mass is 9.94. The molecule has 1 aliphatic heterocycles. The van der Waals surface area contributed by atoms with Gasteiger partial charge in [0, 0.05) is 39.3 Å². The minimum atomic E-state index is -0.128. The molecule has 0 N–H and O–H groups in total. The molecule has 21 heavy (non-hydrogen) atoms. The predicted molar refractivity (Wildman–Crippen MR) is 84.6 cm³/mol. The molecule has 0 amide bonds. The average molecular weight is 288 g/mol. The third kappa shape index (κ3) is 4.39. The zero-order valence-corrected chi connectivity index (χ0v) is 12.7. The Hall–Kier alpha value is -1.19. The Morgan fingerprint density at radius 3 is 2.57 bits per heavy atom. The fourth-order valence-electron chi connectivity index (χ4n) is 3.41. The number of hydrogen-bond acceptors (Lipinski definition) is 2. The third-order valence-corrected chi connectivity index (χ3v) is 4.65. The van der Waals surface area contributed by atoms with Gasteiger partial charge in [-0.05, 0) is 42.9 Å². The summed E-state index contributed by atoms with van der Waals surface area (Å²) < 4.78 is 13.2. The van der Waals surface area contributed by atoms with E-state index in [1.807, 2.05) is 6.07 Å². The van der Waals surface area contributed by atoms with Crippen LogP contribution in [0.2, 0.25) is 0 Å². The lowest BCUT2D eigenvalue weighted by Crippen LogP contribution is -2.47. The van der Waals surface area contributed by atoms with Gasteiger partial charge in [-0.2, -0.15) is 0 Å². The van der Waals surface area contributed by atoms with Gasteiger partial charge in [0.2, 0.25) is 0 Å². The summed E-state index contributed by atoms with van der Waals surface area (Å²) in [6.07, 6.45) is 8.51. The first kappa shape index (κ1) is 14.7. The summed E-state index contributed by atoms with van der Waals surface area (Å²) in [4.78, 5) is 5.04. The van der Waals surface area contributed by atoms with E-state index in [2.05, 4.69) is 22.0 Å². The minimum absolute atomic E-state index is 0.128. The molecule has 1 heterocycles. The summed E-state index contributed by atoms with van der Waals surface area (Å²) in [7, 11) is 0. The van der Waals surface area contributed by atoms with Gasteiger partial charge in [-0.3, -0.25) is 4.90 Å². The van der Waals surface area contributed by atoms with Crippen LogP contribution in [0.3, 0.4) is 0 Å². The molecule has 0 saturated carbocycles. The maximum Gasteiger partial charge on any atom is 0.123 e. The number of nitrogens with zero attached hydrogens (tertiary/aromatic N) is 2. The Morgan fingerprint density at radius 1 is 1.05 bits per heavy atom. The van der Waals surface area contributed by atoms with E-state index in [1.165, 1.54) is 31.9 Å². The standard InChI is InChI=1S/C18H25FN2/c19-18-8-4-7-17(13-18)15-21-11-9-20(10-12-21)14-16-5-2-1-3-6-16/h1-2,4,7-8,13,16H,3,5-6,9-12,14-15H2. The second-order valence-corrected chi connectivity index (χ2v) is 6.36. The molecular weight excluding hydrogens is 263 g/mol. The van der Waals surface area contributed by atoms with Gasteiger partial charge in [0.25, 0.3) is 0 Å². The lowest BCUT2D eigenvalue weighted by Gasteiger charge is -2.36. The van der Waals surface area contributed by atoms with E-state index in [0.29, 0.717) is 0 Å². The molecule has 1 fully saturated rings. The smallest absolute Gasteiger partial charge is 0.123 e. The van der Waals surface area contributed by atoms with E-state index in [-0.39, 0.29) is 5.82 Å². The summed E-state index contributed by atoms with van der Waals surface area (Å²) in [6, 6.07) is 6.99. The number of allylic oxidation sites excluding steroid dienone is 2. The third-order valence-electron chi connectivity index (χ3n) is 4.65. The SMILES string of the molecule is Fc1cccc(CN2CCN(CC3CC=CCC3)CC2)c1.